The third-order valence-electron chi connectivity index (χ3n) is 3.50. The molecule has 23 heavy (non-hydrogen) atoms. The van der Waals surface area contributed by atoms with Gasteiger partial charge in [-0.15, -0.1) is 0 Å². The zero-order valence-corrected chi connectivity index (χ0v) is 12.2. The molecular formula is C16H13F2N3O2. The zero-order chi connectivity index (χ0) is 16.6. The van der Waals surface area contributed by atoms with E-state index in [0.717, 1.165) is 4.68 Å². The standard InChI is InChI=1S/C16H13F2N3O2/c1-9-14-11(15(17)18)7-12(10-5-3-2-4-6-10)19-16(14)21(20-9)8-13(22)23/h2-7,15H,8H2,1H3,(H,22,23). The first-order chi connectivity index (χ1) is 11.0. The molecule has 3 rings (SSSR count). The zero-order valence-electron chi connectivity index (χ0n) is 12.2. The van der Waals surface area contributed by atoms with E-state index >= 15 is 0 Å². The topological polar surface area (TPSA) is 68.0 Å². The van der Waals surface area contributed by atoms with Crippen LogP contribution in [0.25, 0.3) is 22.3 Å². The molecule has 7 heteroatoms. The number of hydrogen-bond donors (Lipinski definition) is 1. The predicted octanol–water partition coefficient (Wildman–Crippen LogP) is 3.43. The number of hydrogen-bond acceptors (Lipinski definition) is 3. The monoisotopic (exact) mass is 317 g/mol. The van der Waals surface area contributed by atoms with Crippen LogP contribution in [0.4, 0.5) is 8.78 Å². The van der Waals surface area contributed by atoms with Gasteiger partial charge in [0.15, 0.2) is 5.65 Å². The summed E-state index contributed by atoms with van der Waals surface area (Å²) in [6.07, 6.45) is -2.70. The van der Waals surface area contributed by atoms with Gasteiger partial charge in [-0.05, 0) is 13.0 Å². The lowest BCUT2D eigenvalue weighted by molar-refractivity contribution is -0.137. The van der Waals surface area contributed by atoms with Crippen LogP contribution < -0.4 is 0 Å². The molecule has 1 N–H and O–H groups in total. The van der Waals surface area contributed by atoms with Crippen LogP contribution in [0, 0.1) is 6.92 Å². The van der Waals surface area contributed by atoms with Crippen molar-refractivity contribution in [2.24, 2.45) is 0 Å². The van der Waals surface area contributed by atoms with Gasteiger partial charge >= 0.3 is 5.97 Å². The molecule has 0 bridgehead atoms. The summed E-state index contributed by atoms with van der Waals surface area (Å²) in [6.45, 7) is 1.13. The average Bonchev–Trinajstić information content (AvgIpc) is 2.83. The number of carbonyl (C=O) groups is 1. The number of pyridine rings is 1. The van der Waals surface area contributed by atoms with E-state index in [0.29, 0.717) is 17.0 Å². The Hall–Kier alpha value is -2.83. The number of carboxylic acids is 1. The molecule has 3 aromatic rings. The summed E-state index contributed by atoms with van der Waals surface area (Å²) in [5, 5.41) is 13.2. The molecule has 0 aliphatic rings. The number of halogens is 2. The molecule has 2 heterocycles. The number of aromatic nitrogens is 3. The van der Waals surface area contributed by atoms with Crippen LogP contribution in [0.1, 0.15) is 17.7 Å². The molecule has 0 radical (unpaired) electrons. The molecule has 0 fully saturated rings. The van der Waals surface area contributed by atoms with E-state index in [1.807, 2.05) is 6.07 Å². The van der Waals surface area contributed by atoms with Crippen molar-refractivity contribution in [2.75, 3.05) is 0 Å². The number of aliphatic carboxylic acids is 1. The van der Waals surface area contributed by atoms with Crippen LogP contribution in [0.3, 0.4) is 0 Å². The number of aryl methyl sites for hydroxylation is 1. The summed E-state index contributed by atoms with van der Waals surface area (Å²) in [7, 11) is 0. The Morgan fingerprint density at radius 2 is 2.00 bits per heavy atom. The molecule has 0 aliphatic heterocycles. The van der Waals surface area contributed by atoms with Gasteiger partial charge in [0.1, 0.15) is 6.54 Å². The molecule has 0 saturated carbocycles. The van der Waals surface area contributed by atoms with Crippen LogP contribution in [-0.2, 0) is 11.3 Å². The van der Waals surface area contributed by atoms with Gasteiger partial charge in [-0.3, -0.25) is 4.79 Å². The quantitative estimate of drug-likeness (QED) is 0.800. The minimum atomic E-state index is -2.70. The molecule has 2 aromatic heterocycles. The second-order valence-corrected chi connectivity index (χ2v) is 5.10. The molecule has 0 unspecified atom stereocenters. The normalized spacial score (nSPS) is 11.3. The van der Waals surface area contributed by atoms with Crippen LogP contribution >= 0.6 is 0 Å². The van der Waals surface area contributed by atoms with E-state index in [4.69, 9.17) is 5.11 Å². The fourth-order valence-corrected chi connectivity index (χ4v) is 2.55. The van der Waals surface area contributed by atoms with Gasteiger partial charge in [0.2, 0.25) is 0 Å². The average molecular weight is 317 g/mol. The Balaban J connectivity index is 2.30. The van der Waals surface area contributed by atoms with E-state index in [2.05, 4.69) is 10.1 Å². The summed E-state index contributed by atoms with van der Waals surface area (Å²) < 4.78 is 28.1. The van der Waals surface area contributed by atoms with Crippen molar-refractivity contribution in [3.63, 3.8) is 0 Å². The highest BCUT2D eigenvalue weighted by Crippen LogP contribution is 2.32. The minimum Gasteiger partial charge on any atom is -0.480 e. The molecule has 5 nitrogen and oxygen atoms in total. The first-order valence-electron chi connectivity index (χ1n) is 6.91. The van der Waals surface area contributed by atoms with E-state index in [1.165, 1.54) is 6.07 Å². The Bertz CT molecular complexity index is 876. The van der Waals surface area contributed by atoms with Crippen molar-refractivity contribution in [3.05, 3.63) is 47.7 Å². The first-order valence-corrected chi connectivity index (χ1v) is 6.91. The second-order valence-electron chi connectivity index (χ2n) is 5.10. The number of alkyl halides is 2. The van der Waals surface area contributed by atoms with Gasteiger partial charge in [-0.25, -0.2) is 18.4 Å². The third-order valence-corrected chi connectivity index (χ3v) is 3.50. The predicted molar refractivity (Wildman–Crippen MR) is 80.3 cm³/mol. The highest BCUT2D eigenvalue weighted by Gasteiger charge is 2.21. The highest BCUT2D eigenvalue weighted by atomic mass is 19.3. The van der Waals surface area contributed by atoms with E-state index < -0.39 is 18.9 Å². The van der Waals surface area contributed by atoms with Gasteiger partial charge in [-0.2, -0.15) is 5.10 Å². The van der Waals surface area contributed by atoms with Gasteiger partial charge in [0, 0.05) is 11.1 Å². The maximum absolute atomic E-state index is 13.5. The third kappa shape index (κ3) is 2.77. The largest absolute Gasteiger partial charge is 0.480 e. The summed E-state index contributed by atoms with van der Waals surface area (Å²) in [6, 6.07) is 10.2. The number of carboxylic acid groups (broad SMARTS) is 1. The van der Waals surface area contributed by atoms with Crippen molar-refractivity contribution in [3.8, 4) is 11.3 Å². The fraction of sp³-hybridized carbons (Fsp3) is 0.188. The molecule has 1 aromatic carbocycles. The smallest absolute Gasteiger partial charge is 0.325 e. The van der Waals surface area contributed by atoms with Gasteiger partial charge in [0.25, 0.3) is 6.43 Å². The minimum absolute atomic E-state index is 0.154. The van der Waals surface area contributed by atoms with E-state index in [1.54, 1.807) is 31.2 Å². The van der Waals surface area contributed by atoms with Crippen LogP contribution in [0.5, 0.6) is 0 Å². The number of nitrogens with zero attached hydrogens (tertiary/aromatic N) is 3. The van der Waals surface area contributed by atoms with Crippen LogP contribution in [0.15, 0.2) is 36.4 Å². The Kier molecular flexibility index (Phi) is 3.77. The van der Waals surface area contributed by atoms with Gasteiger partial charge in [-0.1, -0.05) is 30.3 Å². The van der Waals surface area contributed by atoms with Crippen molar-refractivity contribution in [1.82, 2.24) is 14.8 Å². The lowest BCUT2D eigenvalue weighted by Gasteiger charge is -2.08. The van der Waals surface area contributed by atoms with Crippen molar-refractivity contribution in [1.29, 1.82) is 0 Å². The van der Waals surface area contributed by atoms with Gasteiger partial charge < -0.3 is 5.11 Å². The summed E-state index contributed by atoms with van der Waals surface area (Å²) in [5.41, 5.74) is 1.34. The molecule has 0 atom stereocenters. The molecule has 0 amide bonds. The Morgan fingerprint density at radius 3 is 2.61 bits per heavy atom. The van der Waals surface area contributed by atoms with Crippen LogP contribution in [0.2, 0.25) is 0 Å². The molecule has 0 saturated heterocycles. The highest BCUT2D eigenvalue weighted by molar-refractivity contribution is 5.86. The molecule has 0 spiro atoms. The molecule has 118 valence electrons. The van der Waals surface area contributed by atoms with Crippen molar-refractivity contribution < 1.29 is 18.7 Å². The summed E-state index contributed by atoms with van der Waals surface area (Å²) >= 11 is 0. The first kappa shape index (κ1) is 15.1. The van der Waals surface area contributed by atoms with E-state index in [-0.39, 0.29) is 16.6 Å². The SMILES string of the molecule is Cc1nn(CC(=O)O)c2nc(-c3ccccc3)cc(C(F)F)c12. The van der Waals surface area contributed by atoms with Crippen molar-refractivity contribution in [2.45, 2.75) is 19.9 Å². The lowest BCUT2D eigenvalue weighted by Crippen LogP contribution is -2.11. The van der Waals surface area contributed by atoms with Crippen LogP contribution in [-0.4, -0.2) is 25.8 Å². The number of benzene rings is 1. The van der Waals surface area contributed by atoms with Gasteiger partial charge in [0.05, 0.1) is 16.8 Å². The number of rotatable bonds is 4. The number of fused-ring (bicyclic) bond motifs is 1. The van der Waals surface area contributed by atoms with E-state index in [9.17, 15) is 13.6 Å². The van der Waals surface area contributed by atoms with Crippen molar-refractivity contribution >= 4 is 17.0 Å². The summed E-state index contributed by atoms with van der Waals surface area (Å²) in [5.74, 6) is -1.11. The molecular weight excluding hydrogens is 304 g/mol. The fourth-order valence-electron chi connectivity index (χ4n) is 2.55. The maximum atomic E-state index is 13.5. The Labute approximate surface area is 130 Å². The second kappa shape index (κ2) is 5.75. The molecule has 0 aliphatic carbocycles. The maximum Gasteiger partial charge on any atom is 0.325 e. The summed E-state index contributed by atoms with van der Waals surface area (Å²) in [4.78, 5) is 15.3. The lowest BCUT2D eigenvalue weighted by atomic mass is 10.1. The Morgan fingerprint density at radius 1 is 1.30 bits per heavy atom.